The lowest BCUT2D eigenvalue weighted by Gasteiger charge is -2.36. The molecule has 100 valence electrons. The summed E-state index contributed by atoms with van der Waals surface area (Å²) in [5.74, 6) is 0.605. The fraction of sp³-hybridized carbons (Fsp3) is 0.571. The molecule has 1 aliphatic heterocycles. The second-order valence-corrected chi connectivity index (χ2v) is 6.05. The summed E-state index contributed by atoms with van der Waals surface area (Å²) in [6, 6.07) is 5.25. The van der Waals surface area contributed by atoms with Crippen molar-refractivity contribution in [1.29, 1.82) is 0 Å². The first kappa shape index (κ1) is 14.0. The third-order valence-corrected chi connectivity index (χ3v) is 4.30. The van der Waals surface area contributed by atoms with Gasteiger partial charge in [0.2, 0.25) is 0 Å². The Kier molecular flexibility index (Phi) is 4.76. The Morgan fingerprint density at radius 2 is 2.11 bits per heavy atom. The van der Waals surface area contributed by atoms with Crippen molar-refractivity contribution in [2.45, 2.75) is 25.8 Å². The van der Waals surface area contributed by atoms with Gasteiger partial charge in [0.05, 0.1) is 0 Å². The van der Waals surface area contributed by atoms with Gasteiger partial charge in [-0.3, -0.25) is 4.90 Å². The molecule has 0 radical (unpaired) electrons. The normalized spacial score (nSPS) is 20.0. The molecule has 2 N–H and O–H groups in total. The van der Waals surface area contributed by atoms with E-state index in [0.717, 1.165) is 29.0 Å². The highest BCUT2D eigenvalue weighted by Gasteiger charge is 2.25. The van der Waals surface area contributed by atoms with Gasteiger partial charge in [-0.2, -0.15) is 0 Å². The van der Waals surface area contributed by atoms with E-state index < -0.39 is 0 Å². The molecule has 1 heterocycles. The first-order chi connectivity index (χ1) is 8.61. The molecule has 0 bridgehead atoms. The summed E-state index contributed by atoms with van der Waals surface area (Å²) in [5.41, 5.74) is 6.58. The van der Waals surface area contributed by atoms with Crippen LogP contribution in [-0.4, -0.2) is 24.5 Å². The molecule has 0 spiro atoms. The molecule has 1 atom stereocenters. The number of hydrogen-bond acceptors (Lipinski definition) is 2. The van der Waals surface area contributed by atoms with Crippen molar-refractivity contribution in [3.8, 4) is 0 Å². The van der Waals surface area contributed by atoms with Gasteiger partial charge in [0.15, 0.2) is 0 Å². The molecule has 4 heteroatoms. The highest BCUT2D eigenvalue weighted by molar-refractivity contribution is 9.10. The maximum absolute atomic E-state index is 14.0. The van der Waals surface area contributed by atoms with Gasteiger partial charge in [0, 0.05) is 22.6 Å². The summed E-state index contributed by atoms with van der Waals surface area (Å²) >= 11 is 3.29. The zero-order chi connectivity index (χ0) is 13.1. The zero-order valence-electron chi connectivity index (χ0n) is 10.7. The molecule has 1 aliphatic rings. The van der Waals surface area contributed by atoms with Gasteiger partial charge in [-0.1, -0.05) is 28.9 Å². The first-order valence-electron chi connectivity index (χ1n) is 6.51. The van der Waals surface area contributed by atoms with Crippen LogP contribution in [0.25, 0.3) is 0 Å². The van der Waals surface area contributed by atoms with Gasteiger partial charge in [0.25, 0.3) is 0 Å². The summed E-state index contributed by atoms with van der Waals surface area (Å²) in [7, 11) is 0. The predicted octanol–water partition coefficient (Wildman–Crippen LogP) is 3.32. The minimum Gasteiger partial charge on any atom is -0.329 e. The summed E-state index contributed by atoms with van der Waals surface area (Å²) in [5, 5.41) is 0. The van der Waals surface area contributed by atoms with Gasteiger partial charge in [0.1, 0.15) is 5.82 Å². The lowest BCUT2D eigenvalue weighted by Crippen LogP contribution is -2.39. The lowest BCUT2D eigenvalue weighted by atomic mass is 9.95. The largest absolute Gasteiger partial charge is 0.329 e. The van der Waals surface area contributed by atoms with E-state index in [1.807, 2.05) is 12.1 Å². The Morgan fingerprint density at radius 1 is 1.44 bits per heavy atom. The SMILES string of the molecule is CC1CCN(C(CN)c2ccc(Br)cc2F)CC1. The molecular formula is C14H20BrFN2. The zero-order valence-corrected chi connectivity index (χ0v) is 12.3. The Bertz CT molecular complexity index is 403. The molecule has 2 nitrogen and oxygen atoms in total. The minimum atomic E-state index is -0.168. The van der Waals surface area contributed by atoms with Crippen molar-refractivity contribution in [1.82, 2.24) is 4.90 Å². The Balaban J connectivity index is 2.17. The smallest absolute Gasteiger partial charge is 0.129 e. The molecule has 0 amide bonds. The van der Waals surface area contributed by atoms with E-state index in [1.54, 1.807) is 0 Å². The number of hydrogen-bond donors (Lipinski definition) is 1. The van der Waals surface area contributed by atoms with Crippen LogP contribution in [0, 0.1) is 11.7 Å². The van der Waals surface area contributed by atoms with Gasteiger partial charge < -0.3 is 5.73 Å². The third kappa shape index (κ3) is 3.11. The number of nitrogens with two attached hydrogens (primary N) is 1. The molecule has 1 unspecified atom stereocenters. The molecule has 1 aromatic carbocycles. The topological polar surface area (TPSA) is 29.3 Å². The van der Waals surface area contributed by atoms with Gasteiger partial charge in [-0.05, 0) is 44.0 Å². The number of nitrogens with zero attached hydrogens (tertiary/aromatic N) is 1. The Labute approximate surface area is 116 Å². The van der Waals surface area contributed by atoms with E-state index in [0.29, 0.717) is 6.54 Å². The van der Waals surface area contributed by atoms with Crippen LogP contribution in [0.1, 0.15) is 31.4 Å². The van der Waals surface area contributed by atoms with Crippen molar-refractivity contribution >= 4 is 15.9 Å². The number of likely N-dealkylation sites (tertiary alicyclic amines) is 1. The first-order valence-corrected chi connectivity index (χ1v) is 7.30. The summed E-state index contributed by atoms with van der Waals surface area (Å²) in [4.78, 5) is 2.31. The van der Waals surface area contributed by atoms with Crippen LogP contribution >= 0.6 is 15.9 Å². The van der Waals surface area contributed by atoms with Crippen molar-refractivity contribution in [3.05, 3.63) is 34.1 Å². The molecule has 1 fully saturated rings. The van der Waals surface area contributed by atoms with E-state index in [1.165, 1.54) is 18.9 Å². The number of benzene rings is 1. The molecule has 1 saturated heterocycles. The fourth-order valence-electron chi connectivity index (χ4n) is 2.58. The van der Waals surface area contributed by atoms with Gasteiger partial charge >= 0.3 is 0 Å². The summed E-state index contributed by atoms with van der Waals surface area (Å²) in [6.07, 6.45) is 2.35. The van der Waals surface area contributed by atoms with Crippen LogP contribution in [0.4, 0.5) is 4.39 Å². The Morgan fingerprint density at radius 3 is 2.67 bits per heavy atom. The van der Waals surface area contributed by atoms with Crippen molar-refractivity contribution in [3.63, 3.8) is 0 Å². The quantitative estimate of drug-likeness (QED) is 0.927. The van der Waals surface area contributed by atoms with E-state index in [-0.39, 0.29) is 11.9 Å². The molecular weight excluding hydrogens is 295 g/mol. The van der Waals surface area contributed by atoms with Crippen LogP contribution in [0.15, 0.2) is 22.7 Å². The van der Waals surface area contributed by atoms with Crippen LogP contribution in [0.5, 0.6) is 0 Å². The standard InChI is InChI=1S/C14H20BrFN2/c1-10-4-6-18(7-5-10)14(9-17)12-3-2-11(15)8-13(12)16/h2-3,8,10,14H,4-7,9,17H2,1H3. The summed E-state index contributed by atoms with van der Waals surface area (Å²) < 4.78 is 14.8. The second-order valence-electron chi connectivity index (χ2n) is 5.14. The van der Waals surface area contributed by atoms with Gasteiger partial charge in [-0.15, -0.1) is 0 Å². The molecule has 0 aliphatic carbocycles. The molecule has 1 aromatic rings. The number of rotatable bonds is 3. The molecule has 0 aromatic heterocycles. The van der Waals surface area contributed by atoms with Crippen molar-refractivity contribution < 1.29 is 4.39 Å². The van der Waals surface area contributed by atoms with Crippen LogP contribution in [-0.2, 0) is 0 Å². The maximum atomic E-state index is 14.0. The number of piperidine rings is 1. The molecule has 18 heavy (non-hydrogen) atoms. The summed E-state index contributed by atoms with van der Waals surface area (Å²) in [6.45, 7) is 4.76. The average Bonchev–Trinajstić information content (AvgIpc) is 2.35. The fourth-order valence-corrected chi connectivity index (χ4v) is 2.92. The average molecular weight is 315 g/mol. The van der Waals surface area contributed by atoms with Gasteiger partial charge in [-0.25, -0.2) is 4.39 Å². The highest BCUT2D eigenvalue weighted by atomic mass is 79.9. The Hall–Kier alpha value is -0.450. The van der Waals surface area contributed by atoms with E-state index in [9.17, 15) is 4.39 Å². The van der Waals surface area contributed by atoms with E-state index in [4.69, 9.17) is 5.73 Å². The predicted molar refractivity (Wildman–Crippen MR) is 75.9 cm³/mol. The monoisotopic (exact) mass is 314 g/mol. The van der Waals surface area contributed by atoms with E-state index >= 15 is 0 Å². The third-order valence-electron chi connectivity index (χ3n) is 3.80. The highest BCUT2D eigenvalue weighted by Crippen LogP contribution is 2.28. The molecule has 2 rings (SSSR count). The van der Waals surface area contributed by atoms with Crippen molar-refractivity contribution in [2.75, 3.05) is 19.6 Å². The molecule has 0 saturated carbocycles. The lowest BCUT2D eigenvalue weighted by molar-refractivity contribution is 0.139. The van der Waals surface area contributed by atoms with Crippen LogP contribution in [0.3, 0.4) is 0 Å². The van der Waals surface area contributed by atoms with Crippen LogP contribution in [0.2, 0.25) is 0 Å². The van der Waals surface area contributed by atoms with Crippen LogP contribution < -0.4 is 5.73 Å². The second kappa shape index (κ2) is 6.13. The van der Waals surface area contributed by atoms with E-state index in [2.05, 4.69) is 27.8 Å². The minimum absolute atomic E-state index is 0.00519. The van der Waals surface area contributed by atoms with Crippen molar-refractivity contribution in [2.24, 2.45) is 11.7 Å². The number of halogens is 2. The maximum Gasteiger partial charge on any atom is 0.129 e.